The lowest BCUT2D eigenvalue weighted by Crippen LogP contribution is -2.35. The van der Waals surface area contributed by atoms with E-state index in [0.29, 0.717) is 12.1 Å². The molecule has 2 heterocycles. The van der Waals surface area contributed by atoms with Gasteiger partial charge in [-0.3, -0.25) is 9.79 Å². The molecule has 1 aromatic carbocycles. The monoisotopic (exact) mass is 240 g/mol. The number of carbonyl (C=O) groups excluding carboxylic acids is 1. The molecule has 0 radical (unpaired) electrons. The highest BCUT2D eigenvalue weighted by molar-refractivity contribution is 6.03. The normalized spacial score (nSPS) is 21.9. The second-order valence-corrected chi connectivity index (χ2v) is 5.19. The average Bonchev–Trinajstić information content (AvgIpc) is 2.65. The molecule has 18 heavy (non-hydrogen) atoms. The highest BCUT2D eigenvalue weighted by atomic mass is 16.2. The zero-order chi connectivity index (χ0) is 12.9. The highest BCUT2D eigenvalue weighted by Crippen LogP contribution is 2.31. The highest BCUT2D eigenvalue weighted by Gasteiger charge is 2.33. The van der Waals surface area contributed by atoms with Gasteiger partial charge in [-0.15, -0.1) is 0 Å². The lowest BCUT2D eigenvalue weighted by atomic mass is 10.0. The van der Waals surface area contributed by atoms with Crippen molar-refractivity contribution in [3.8, 4) is 0 Å². The summed E-state index contributed by atoms with van der Waals surface area (Å²) in [6.45, 7) is 8.70. The van der Waals surface area contributed by atoms with E-state index in [1.54, 1.807) is 0 Å². The minimum absolute atomic E-state index is 0.0780. The predicted octanol–water partition coefficient (Wildman–Crippen LogP) is 2.79. The van der Waals surface area contributed by atoms with Gasteiger partial charge in [-0.2, -0.15) is 0 Å². The Bertz CT molecular complexity index is 586. The molecule has 0 spiro atoms. The number of hydrogen-bond donors (Lipinski definition) is 0. The third kappa shape index (κ3) is 1.58. The van der Waals surface area contributed by atoms with Crippen LogP contribution in [0.3, 0.4) is 0 Å². The van der Waals surface area contributed by atoms with E-state index < -0.39 is 0 Å². The van der Waals surface area contributed by atoms with Gasteiger partial charge in [0.15, 0.2) is 0 Å². The van der Waals surface area contributed by atoms with Crippen LogP contribution in [0.1, 0.15) is 27.9 Å². The molecule has 0 bridgehead atoms. The summed E-state index contributed by atoms with van der Waals surface area (Å²) in [4.78, 5) is 18.9. The Hall–Kier alpha value is -1.90. The number of amides is 1. The topological polar surface area (TPSA) is 32.7 Å². The van der Waals surface area contributed by atoms with Gasteiger partial charge in [0.25, 0.3) is 5.91 Å². The fraction of sp³-hybridized carbons (Fsp3) is 0.333. The quantitative estimate of drug-likeness (QED) is 0.642. The summed E-state index contributed by atoms with van der Waals surface area (Å²) in [7, 11) is 0. The molecule has 0 saturated carbocycles. The Labute approximate surface area is 107 Å². The average molecular weight is 240 g/mol. The zero-order valence-electron chi connectivity index (χ0n) is 10.7. The van der Waals surface area contributed by atoms with Crippen molar-refractivity contribution in [3.05, 3.63) is 41.0 Å². The molecule has 2 aliphatic heterocycles. The van der Waals surface area contributed by atoms with E-state index in [2.05, 4.69) is 11.6 Å². The van der Waals surface area contributed by atoms with E-state index in [9.17, 15) is 4.79 Å². The number of hydrogen-bond acceptors (Lipinski definition) is 2. The van der Waals surface area contributed by atoms with Crippen molar-refractivity contribution in [3.63, 3.8) is 0 Å². The number of rotatable bonds is 0. The fourth-order valence-electron chi connectivity index (χ4n) is 2.58. The number of aryl methyl sites for hydroxylation is 2. The predicted molar refractivity (Wildman–Crippen MR) is 72.6 cm³/mol. The third-order valence-corrected chi connectivity index (χ3v) is 3.78. The largest absolute Gasteiger partial charge is 0.326 e. The van der Waals surface area contributed by atoms with Gasteiger partial charge in [0.2, 0.25) is 0 Å². The Morgan fingerprint density at radius 1 is 1.33 bits per heavy atom. The van der Waals surface area contributed by atoms with Crippen LogP contribution in [-0.2, 0) is 0 Å². The summed E-state index contributed by atoms with van der Waals surface area (Å²) < 4.78 is 0. The van der Waals surface area contributed by atoms with Gasteiger partial charge >= 0.3 is 0 Å². The van der Waals surface area contributed by atoms with Crippen LogP contribution in [0, 0.1) is 13.8 Å². The van der Waals surface area contributed by atoms with Crippen molar-refractivity contribution >= 4 is 17.8 Å². The molecule has 0 aromatic heterocycles. The fourth-order valence-corrected chi connectivity index (χ4v) is 2.58. The van der Waals surface area contributed by atoms with Gasteiger partial charge in [-0.1, -0.05) is 12.2 Å². The van der Waals surface area contributed by atoms with Crippen molar-refractivity contribution in [1.29, 1.82) is 0 Å². The molecule has 3 heteroatoms. The Balaban J connectivity index is 2.13. The summed E-state index contributed by atoms with van der Waals surface area (Å²) in [5.74, 6) is 0.0780. The summed E-state index contributed by atoms with van der Waals surface area (Å²) in [5.41, 5.74) is 4.92. The van der Waals surface area contributed by atoms with Crippen LogP contribution in [0.5, 0.6) is 0 Å². The molecule has 92 valence electrons. The molecule has 0 unspecified atom stereocenters. The smallest absolute Gasteiger partial charge is 0.256 e. The molecule has 3 nitrogen and oxygen atoms in total. The second kappa shape index (κ2) is 3.80. The maximum atomic E-state index is 12.5. The van der Waals surface area contributed by atoms with E-state index in [1.807, 2.05) is 37.1 Å². The zero-order valence-corrected chi connectivity index (χ0v) is 10.7. The molecular weight excluding hydrogens is 224 g/mol. The molecule has 1 aromatic rings. The van der Waals surface area contributed by atoms with Gasteiger partial charge in [0.1, 0.15) is 0 Å². The maximum absolute atomic E-state index is 12.5. The lowest BCUT2D eigenvalue weighted by Gasteiger charge is -2.19. The van der Waals surface area contributed by atoms with Gasteiger partial charge in [-0.05, 0) is 43.5 Å². The Morgan fingerprint density at radius 3 is 2.83 bits per heavy atom. The van der Waals surface area contributed by atoms with Crippen LogP contribution >= 0.6 is 0 Å². The summed E-state index contributed by atoms with van der Waals surface area (Å²) in [5, 5.41) is 0. The minimum Gasteiger partial charge on any atom is -0.326 e. The van der Waals surface area contributed by atoms with Crippen LogP contribution in [0.25, 0.3) is 0 Å². The molecule has 1 fully saturated rings. The van der Waals surface area contributed by atoms with Crippen molar-refractivity contribution in [2.45, 2.75) is 26.3 Å². The van der Waals surface area contributed by atoms with E-state index >= 15 is 0 Å². The summed E-state index contributed by atoms with van der Waals surface area (Å²) >= 11 is 0. The molecule has 0 N–H and O–H groups in total. The lowest BCUT2D eigenvalue weighted by molar-refractivity contribution is 0.0778. The molecule has 0 aliphatic carbocycles. The third-order valence-electron chi connectivity index (χ3n) is 3.78. The second-order valence-electron chi connectivity index (χ2n) is 5.19. The van der Waals surface area contributed by atoms with Crippen molar-refractivity contribution in [1.82, 2.24) is 4.90 Å². The molecular formula is C15H16N2O. The molecule has 1 saturated heterocycles. The SMILES string of the molecule is C=C1C[C@H]2C=Nc3cc(C)c(C)cc3C(=O)N2C1. The van der Waals surface area contributed by atoms with E-state index in [-0.39, 0.29) is 11.9 Å². The first kappa shape index (κ1) is 11.2. The van der Waals surface area contributed by atoms with Gasteiger partial charge in [0.05, 0.1) is 17.3 Å². The molecule has 1 atom stereocenters. The summed E-state index contributed by atoms with van der Waals surface area (Å²) in [6, 6.07) is 4.03. The Kier molecular flexibility index (Phi) is 2.37. The minimum atomic E-state index is 0.0780. The van der Waals surface area contributed by atoms with E-state index in [4.69, 9.17) is 0 Å². The Morgan fingerprint density at radius 2 is 2.06 bits per heavy atom. The molecule has 2 aliphatic rings. The van der Waals surface area contributed by atoms with E-state index in [0.717, 1.165) is 23.2 Å². The maximum Gasteiger partial charge on any atom is 0.256 e. The van der Waals surface area contributed by atoms with Crippen LogP contribution in [-0.4, -0.2) is 29.6 Å². The molecule has 3 rings (SSSR count). The van der Waals surface area contributed by atoms with Crippen molar-refractivity contribution < 1.29 is 4.79 Å². The van der Waals surface area contributed by atoms with Crippen LogP contribution < -0.4 is 0 Å². The van der Waals surface area contributed by atoms with Gasteiger partial charge < -0.3 is 4.90 Å². The number of benzene rings is 1. The van der Waals surface area contributed by atoms with Crippen LogP contribution in [0.4, 0.5) is 5.69 Å². The van der Waals surface area contributed by atoms with Gasteiger partial charge in [0, 0.05) is 12.8 Å². The first-order valence-corrected chi connectivity index (χ1v) is 6.19. The standard InChI is InChI=1S/C15H16N2O/c1-9-4-12-7-16-14-6-11(3)10(2)5-13(14)15(18)17(12)8-9/h5-7,12H,1,4,8H2,2-3H3/t12-/m0/s1. The van der Waals surface area contributed by atoms with Crippen molar-refractivity contribution in [2.24, 2.45) is 4.99 Å². The van der Waals surface area contributed by atoms with Crippen molar-refractivity contribution in [2.75, 3.05) is 6.54 Å². The number of fused-ring (bicyclic) bond motifs is 2. The molecule has 1 amide bonds. The van der Waals surface area contributed by atoms with Gasteiger partial charge in [-0.25, -0.2) is 0 Å². The number of aliphatic imine (C=N–C) groups is 1. The first-order valence-electron chi connectivity index (χ1n) is 6.19. The number of carbonyl (C=O) groups is 1. The van der Waals surface area contributed by atoms with E-state index in [1.165, 1.54) is 5.56 Å². The first-order chi connectivity index (χ1) is 8.56. The summed E-state index contributed by atoms with van der Waals surface area (Å²) in [6.07, 6.45) is 2.72. The van der Waals surface area contributed by atoms with Crippen LogP contribution in [0.2, 0.25) is 0 Å². The van der Waals surface area contributed by atoms with Crippen LogP contribution in [0.15, 0.2) is 29.3 Å². The number of nitrogens with zero attached hydrogens (tertiary/aromatic N) is 2.